The summed E-state index contributed by atoms with van der Waals surface area (Å²) in [5.74, 6) is -14.3. The molecule has 18 heteroatoms. The summed E-state index contributed by atoms with van der Waals surface area (Å²) in [4.78, 5) is 44.5. The van der Waals surface area contributed by atoms with Gasteiger partial charge in [-0.05, 0) is 143 Å². The van der Waals surface area contributed by atoms with E-state index in [1.54, 1.807) is 41.5 Å². The lowest BCUT2D eigenvalue weighted by atomic mass is 9.79. The third-order valence-corrected chi connectivity index (χ3v) is 17.5. The van der Waals surface area contributed by atoms with E-state index in [1.807, 2.05) is 14.7 Å². The summed E-state index contributed by atoms with van der Waals surface area (Å²) in [5, 5.41) is 0. The minimum Gasteiger partial charge on any atom is -0.493 e. The number of piperidine rings is 3. The number of carbonyl (C=O) groups excluding carboxylic acids is 3. The molecule has 6 aliphatic rings. The number of esters is 3. The molecule has 3 fully saturated rings. The SMILES string of the molecule is [2H]c1c2c(c([2H])c(OC)c1OC([2H])([2H])[2H])C1CC(OC(=O)[C@@H](N)C(C)C)C(C([2H])([2H])C([2H])(C)C([2H])([2H])[2H])CN1CC2.[2H]c1c2c(c([2H])c(OC)c1OC)C1CC(OC(=O)[C@@H](N)C(C)C)C(C([2H])([2H])C([2H])(C)C([2H])([2H])[2H])CN1CC2.[2H]c1c2c(c([2H])c(OC)c1OC)C1CC(OC(=O)[C@@H](N)C(C)C)C(C([2H])([2H])C([2H])(C)C([2H])([2H])[2H])CN1CC2. The number of nitrogens with zero attached hydrogens (tertiary/aromatic N) is 3. The number of hydrogen-bond acceptors (Lipinski definition) is 18. The van der Waals surface area contributed by atoms with Crippen LogP contribution in [-0.4, -0.2) is 151 Å². The van der Waals surface area contributed by atoms with Gasteiger partial charge in [-0.15, -0.1) is 0 Å². The Bertz CT molecular complexity index is 3920. The highest BCUT2D eigenvalue weighted by molar-refractivity contribution is 5.77. The van der Waals surface area contributed by atoms with Crippen LogP contribution in [0.4, 0.5) is 0 Å². The Labute approximate surface area is 577 Å². The minimum atomic E-state index is -2.99. The molecule has 6 aliphatic heterocycles. The van der Waals surface area contributed by atoms with E-state index in [1.165, 1.54) is 35.5 Å². The zero-order valence-corrected chi connectivity index (χ0v) is 54.6. The van der Waals surface area contributed by atoms with E-state index in [4.69, 9.17) is 96.8 Å². The number of ether oxygens (including phenoxy) is 9. The van der Waals surface area contributed by atoms with Crippen LogP contribution in [0.3, 0.4) is 0 Å². The van der Waals surface area contributed by atoms with Crippen molar-refractivity contribution in [3.05, 3.63) is 69.6 Å². The molecular weight excluding hydrogens is 1140 g/mol. The highest BCUT2D eigenvalue weighted by atomic mass is 16.6. The van der Waals surface area contributed by atoms with Crippen LogP contribution in [-0.2, 0) is 47.9 Å². The predicted octanol–water partition coefficient (Wildman–Crippen LogP) is 10.7. The zero-order chi connectivity index (χ0) is 89.4. The van der Waals surface area contributed by atoms with Crippen molar-refractivity contribution in [2.75, 3.05) is 81.9 Å². The molecule has 0 saturated carbocycles. The normalized spacial score (nSPS) is 32.3. The second kappa shape index (κ2) is 32.5. The van der Waals surface area contributed by atoms with Gasteiger partial charge in [-0.25, -0.2) is 0 Å². The van der Waals surface area contributed by atoms with Crippen LogP contribution in [0.15, 0.2) is 36.3 Å². The van der Waals surface area contributed by atoms with Gasteiger partial charge in [0.25, 0.3) is 0 Å². The summed E-state index contributed by atoms with van der Waals surface area (Å²) in [6, 6.07) is -4.92. The largest absolute Gasteiger partial charge is 0.493 e. The first kappa shape index (κ1) is 42.8. The standard InChI is InChI=1S/3C24H38N2O4/c3*1-14(2)9-17-13-26-8-7-16-10-21(28-5)22(29-6)11-18(16)19(26)12-20(17)30-24(27)23(25)15(3)4/h3*10-11,14-15,17,19-20,23H,7-9,12-13,25H2,1-6H3/t3*17?,19?,20?,23-/m000/s1/i1D3,5D3,9D2,10D,11D,14D;2*1D3,9D2,10D,11D,14D/t3*14?,17?,19?,20?,23-. The summed E-state index contributed by atoms with van der Waals surface area (Å²) < 4.78 is 274. The van der Waals surface area contributed by atoms with Crippen LogP contribution in [0.1, 0.15) is 210 Å². The molecule has 6 N–H and O–H groups in total. The van der Waals surface area contributed by atoms with Crippen molar-refractivity contribution in [2.24, 2.45) is 70.4 Å². The first-order chi connectivity index (χ1) is 53.4. The van der Waals surface area contributed by atoms with Gasteiger partial charge in [0, 0.05) is 119 Å². The highest BCUT2D eigenvalue weighted by Crippen LogP contribution is 2.48. The summed E-state index contributed by atoms with van der Waals surface area (Å²) in [6.45, 7) is 5.55. The molecule has 3 aromatic rings. The molecule has 0 bridgehead atoms. The Morgan fingerprint density at radius 2 is 0.722 bits per heavy atom. The zero-order valence-electron chi connectivity index (χ0n) is 81.6. The fourth-order valence-corrected chi connectivity index (χ4v) is 12.4. The van der Waals surface area contributed by atoms with Crippen molar-refractivity contribution in [3.63, 3.8) is 0 Å². The monoisotopic (exact) mass is 1280 g/mol. The predicted molar refractivity (Wildman–Crippen MR) is 353 cm³/mol. The van der Waals surface area contributed by atoms with Gasteiger partial charge in [0.1, 0.15) is 36.4 Å². The van der Waals surface area contributed by atoms with Gasteiger partial charge in [0.05, 0.1) is 54.9 Å². The van der Waals surface area contributed by atoms with Gasteiger partial charge in [-0.3, -0.25) is 29.1 Å². The van der Waals surface area contributed by atoms with Crippen molar-refractivity contribution in [1.29, 1.82) is 0 Å². The fraction of sp³-hybridized carbons (Fsp3) is 0.708. The Balaban J connectivity index is 0.000000243. The molecule has 6 heterocycles. The number of carbonyl (C=O) groups is 3. The highest BCUT2D eigenvalue weighted by Gasteiger charge is 2.45. The molecule has 18 nitrogen and oxygen atoms in total. The van der Waals surface area contributed by atoms with Crippen LogP contribution >= 0.6 is 0 Å². The molecule has 9 rings (SSSR count). The van der Waals surface area contributed by atoms with Crippen LogP contribution < -0.4 is 45.6 Å². The second-order valence-corrected chi connectivity index (χ2v) is 24.9. The molecule has 0 aromatic heterocycles. The Kier molecular flexibility index (Phi) is 15.4. The lowest BCUT2D eigenvalue weighted by Gasteiger charge is -2.47. The van der Waals surface area contributed by atoms with Gasteiger partial charge >= 0.3 is 17.9 Å². The molecule has 90 heavy (non-hydrogen) atoms. The topological polar surface area (TPSA) is 222 Å². The molecule has 0 radical (unpaired) electrons. The van der Waals surface area contributed by atoms with E-state index >= 15 is 0 Å². The van der Waals surface area contributed by atoms with E-state index in [2.05, 4.69) is 0 Å². The molecule has 3 saturated heterocycles. The average Bonchev–Trinajstić information content (AvgIpc) is 0.701. The average molecular weight is 1280 g/mol. The molecule has 0 spiro atoms. The van der Waals surface area contributed by atoms with Crippen LogP contribution in [0.2, 0.25) is 0 Å². The maximum atomic E-state index is 13.0. The van der Waals surface area contributed by atoms with E-state index in [-0.39, 0.29) is 140 Å². The second-order valence-electron chi connectivity index (χ2n) is 24.9. The molecule has 12 unspecified atom stereocenters. The van der Waals surface area contributed by atoms with Crippen molar-refractivity contribution in [3.8, 4) is 34.5 Å². The number of fused-ring (bicyclic) bond motifs is 9. The number of methoxy groups -OCH3 is 6. The van der Waals surface area contributed by atoms with Crippen molar-refractivity contribution < 1.29 is 94.0 Å². The molecule has 0 amide bonds. The fourth-order valence-electron chi connectivity index (χ4n) is 12.4. The van der Waals surface area contributed by atoms with Gasteiger partial charge in [-0.1, -0.05) is 82.9 Å². The number of nitrogens with two attached hydrogens (primary N) is 3. The summed E-state index contributed by atoms with van der Waals surface area (Å²) in [7, 11) is 3.90. The molecule has 504 valence electrons. The third-order valence-electron chi connectivity index (χ3n) is 17.5. The smallest absolute Gasteiger partial charge is 0.323 e. The Hall–Kier alpha value is -5.37. The summed E-state index contributed by atoms with van der Waals surface area (Å²) in [5.41, 5.74) is 21.0. The third kappa shape index (κ3) is 17.5. The molecule has 0 aliphatic carbocycles. The minimum absolute atomic E-state index is 0.0162. The molecule has 3 aromatic carbocycles. The van der Waals surface area contributed by atoms with Gasteiger partial charge in [-0.2, -0.15) is 0 Å². The van der Waals surface area contributed by atoms with Crippen molar-refractivity contribution >= 4 is 17.9 Å². The van der Waals surface area contributed by atoms with Gasteiger partial charge in [0.15, 0.2) is 34.5 Å². The molecule has 15 atom stereocenters. The maximum absolute atomic E-state index is 13.0. The van der Waals surface area contributed by atoms with Crippen molar-refractivity contribution in [1.82, 2.24) is 14.7 Å². The van der Waals surface area contributed by atoms with Crippen LogP contribution in [0, 0.1) is 53.2 Å². The Morgan fingerprint density at radius 3 is 0.956 bits per heavy atom. The van der Waals surface area contributed by atoms with E-state index in [9.17, 15) is 14.4 Å². The maximum Gasteiger partial charge on any atom is 0.323 e. The van der Waals surface area contributed by atoms with E-state index < -0.39 is 155 Å². The number of benzene rings is 3. The van der Waals surface area contributed by atoms with E-state index in [0.717, 1.165) is 20.8 Å². The van der Waals surface area contributed by atoms with Gasteiger partial charge < -0.3 is 59.8 Å². The first-order valence-electron chi connectivity index (χ1n) is 44.4. The number of hydrogen-bond donors (Lipinski definition) is 3. The lowest BCUT2D eigenvalue weighted by molar-refractivity contribution is -0.161. The van der Waals surface area contributed by atoms with Crippen LogP contribution in [0.25, 0.3) is 0 Å². The lowest BCUT2D eigenvalue weighted by Crippen LogP contribution is -2.51. The Morgan fingerprint density at radius 1 is 0.467 bits per heavy atom. The molecular formula is C72H114N6O12. The number of rotatable bonds is 21. The van der Waals surface area contributed by atoms with Crippen molar-refractivity contribution in [2.45, 2.75) is 195 Å². The van der Waals surface area contributed by atoms with Crippen LogP contribution in [0.5, 0.6) is 34.5 Å². The van der Waals surface area contributed by atoms with E-state index in [0.29, 0.717) is 59.3 Å². The van der Waals surface area contributed by atoms with Gasteiger partial charge in [0.2, 0.25) is 0 Å². The quantitative estimate of drug-likeness (QED) is 0.0666. The first-order valence-corrected chi connectivity index (χ1v) is 30.9. The summed E-state index contributed by atoms with van der Waals surface area (Å²) >= 11 is 0. The summed E-state index contributed by atoms with van der Waals surface area (Å²) in [6.07, 6.45) is -10.4.